The summed E-state index contributed by atoms with van der Waals surface area (Å²) in [5, 5.41) is 0.676. The molecule has 184 valence electrons. The van der Waals surface area contributed by atoms with E-state index in [1.807, 2.05) is 36.4 Å². The van der Waals surface area contributed by atoms with E-state index in [-0.39, 0.29) is 5.91 Å². The Hall–Kier alpha value is -2.84. The molecule has 0 aliphatic carbocycles. The van der Waals surface area contributed by atoms with Crippen molar-refractivity contribution in [2.24, 2.45) is 0 Å². The SMILES string of the molecule is CCN(CC)CCN(C(=O)c1ccc(N(CC)CC)cc1)c1nc2cc(OC)c(OC)cc2s1. The van der Waals surface area contributed by atoms with E-state index >= 15 is 0 Å². The first-order chi connectivity index (χ1) is 16.5. The molecule has 0 fully saturated rings. The number of rotatable bonds is 12. The fourth-order valence-corrected chi connectivity index (χ4v) is 4.98. The third kappa shape index (κ3) is 5.62. The first-order valence-corrected chi connectivity index (χ1v) is 12.7. The number of thiazole rings is 1. The number of amides is 1. The summed E-state index contributed by atoms with van der Waals surface area (Å²) in [6.07, 6.45) is 0. The molecule has 0 spiro atoms. The fraction of sp³-hybridized carbons (Fsp3) is 0.462. The van der Waals surface area contributed by atoms with Crippen molar-refractivity contribution in [3.63, 3.8) is 0 Å². The highest BCUT2D eigenvalue weighted by Crippen LogP contribution is 2.37. The van der Waals surface area contributed by atoms with E-state index < -0.39 is 0 Å². The monoisotopic (exact) mass is 484 g/mol. The van der Waals surface area contributed by atoms with Gasteiger partial charge in [0, 0.05) is 49.6 Å². The average molecular weight is 485 g/mol. The first kappa shape index (κ1) is 25.8. The molecule has 0 N–H and O–H groups in total. The minimum atomic E-state index is -0.0451. The highest BCUT2D eigenvalue weighted by molar-refractivity contribution is 7.22. The van der Waals surface area contributed by atoms with Crippen LogP contribution in [0.25, 0.3) is 10.2 Å². The molecule has 0 bridgehead atoms. The second kappa shape index (κ2) is 12.0. The normalized spacial score (nSPS) is 11.1. The molecular weight excluding hydrogens is 448 g/mol. The number of nitrogens with zero attached hydrogens (tertiary/aromatic N) is 4. The number of methoxy groups -OCH3 is 2. The summed E-state index contributed by atoms with van der Waals surface area (Å²) in [5.74, 6) is 1.23. The van der Waals surface area contributed by atoms with E-state index in [1.54, 1.807) is 19.1 Å². The number of benzene rings is 2. The molecule has 0 radical (unpaired) electrons. The van der Waals surface area contributed by atoms with Crippen molar-refractivity contribution in [3.8, 4) is 11.5 Å². The van der Waals surface area contributed by atoms with Gasteiger partial charge in [-0.2, -0.15) is 0 Å². The number of hydrogen-bond donors (Lipinski definition) is 0. The van der Waals surface area contributed by atoms with Crippen molar-refractivity contribution >= 4 is 38.3 Å². The van der Waals surface area contributed by atoms with Crippen LogP contribution in [-0.2, 0) is 0 Å². The standard InChI is InChI=1S/C26H36N4O3S/c1-7-28(8-2)15-16-30(25(31)19-11-13-20(14-12-19)29(9-3)10-4)26-27-21-17-22(32-5)23(33-6)18-24(21)34-26/h11-14,17-18H,7-10,15-16H2,1-6H3. The molecular formula is C26H36N4O3S. The molecule has 0 saturated carbocycles. The zero-order chi connectivity index (χ0) is 24.7. The maximum atomic E-state index is 13.7. The number of fused-ring (bicyclic) bond motifs is 1. The maximum absolute atomic E-state index is 13.7. The lowest BCUT2D eigenvalue weighted by molar-refractivity contribution is 0.0984. The van der Waals surface area contributed by atoms with E-state index in [9.17, 15) is 4.79 Å². The second-order valence-electron chi connectivity index (χ2n) is 7.87. The summed E-state index contributed by atoms with van der Waals surface area (Å²) in [4.78, 5) is 24.9. The fourth-order valence-electron chi connectivity index (χ4n) is 3.98. The van der Waals surface area contributed by atoms with Crippen LogP contribution >= 0.6 is 11.3 Å². The van der Waals surface area contributed by atoms with Gasteiger partial charge in [-0.3, -0.25) is 9.69 Å². The number of carbonyl (C=O) groups excluding carboxylic acids is 1. The van der Waals surface area contributed by atoms with Crippen molar-refractivity contribution in [2.45, 2.75) is 27.7 Å². The Morgan fingerprint density at radius 3 is 2.06 bits per heavy atom. The van der Waals surface area contributed by atoms with Crippen molar-refractivity contribution < 1.29 is 14.3 Å². The average Bonchev–Trinajstić information content (AvgIpc) is 3.29. The Bertz CT molecular complexity index is 1030. The summed E-state index contributed by atoms with van der Waals surface area (Å²) in [6.45, 7) is 13.6. The molecule has 8 heteroatoms. The van der Waals surface area contributed by atoms with Crippen LogP contribution in [0.2, 0.25) is 0 Å². The predicted molar refractivity (Wildman–Crippen MR) is 142 cm³/mol. The molecule has 1 amide bonds. The lowest BCUT2D eigenvalue weighted by Gasteiger charge is -2.25. The first-order valence-electron chi connectivity index (χ1n) is 11.9. The maximum Gasteiger partial charge on any atom is 0.260 e. The van der Waals surface area contributed by atoms with E-state index in [0.717, 1.165) is 48.6 Å². The number of hydrogen-bond acceptors (Lipinski definition) is 7. The smallest absolute Gasteiger partial charge is 0.260 e. The van der Waals surface area contributed by atoms with E-state index in [2.05, 4.69) is 37.5 Å². The van der Waals surface area contributed by atoms with Crippen molar-refractivity contribution in [1.82, 2.24) is 9.88 Å². The second-order valence-corrected chi connectivity index (χ2v) is 8.88. The van der Waals surface area contributed by atoms with Crippen LogP contribution in [0.4, 0.5) is 10.8 Å². The Morgan fingerprint density at radius 1 is 0.882 bits per heavy atom. The van der Waals surface area contributed by atoms with Gasteiger partial charge in [-0.1, -0.05) is 25.2 Å². The summed E-state index contributed by atoms with van der Waals surface area (Å²) < 4.78 is 11.8. The van der Waals surface area contributed by atoms with Crippen molar-refractivity contribution in [1.29, 1.82) is 0 Å². The largest absolute Gasteiger partial charge is 0.493 e. The highest BCUT2D eigenvalue weighted by atomic mass is 32.1. The topological polar surface area (TPSA) is 58.1 Å². The van der Waals surface area contributed by atoms with Crippen LogP contribution in [0, 0.1) is 0 Å². The van der Waals surface area contributed by atoms with Crippen LogP contribution in [-0.4, -0.2) is 69.3 Å². The zero-order valence-electron chi connectivity index (χ0n) is 21.1. The quantitative estimate of drug-likeness (QED) is 0.354. The van der Waals surface area contributed by atoms with Crippen LogP contribution in [0.15, 0.2) is 36.4 Å². The number of likely N-dealkylation sites (N-methyl/N-ethyl adjacent to an activating group) is 1. The number of aromatic nitrogens is 1. The van der Waals surface area contributed by atoms with Gasteiger partial charge in [0.15, 0.2) is 16.6 Å². The van der Waals surface area contributed by atoms with Gasteiger partial charge in [0.25, 0.3) is 5.91 Å². The molecule has 1 heterocycles. The molecule has 2 aromatic carbocycles. The Balaban J connectivity index is 1.97. The van der Waals surface area contributed by atoms with Crippen LogP contribution < -0.4 is 19.3 Å². The molecule has 0 unspecified atom stereocenters. The molecule has 3 rings (SSSR count). The van der Waals surface area contributed by atoms with E-state index in [4.69, 9.17) is 14.5 Å². The minimum Gasteiger partial charge on any atom is -0.493 e. The number of carbonyl (C=O) groups is 1. The number of anilines is 2. The highest BCUT2D eigenvalue weighted by Gasteiger charge is 2.23. The minimum absolute atomic E-state index is 0.0451. The Kier molecular flexibility index (Phi) is 9.12. The van der Waals surface area contributed by atoms with Gasteiger partial charge in [0.1, 0.15) is 0 Å². The van der Waals surface area contributed by atoms with Crippen molar-refractivity contribution in [3.05, 3.63) is 42.0 Å². The predicted octanol–water partition coefficient (Wildman–Crippen LogP) is 5.15. The zero-order valence-corrected chi connectivity index (χ0v) is 21.9. The lowest BCUT2D eigenvalue weighted by atomic mass is 10.1. The molecule has 34 heavy (non-hydrogen) atoms. The number of ether oxygens (including phenoxy) is 2. The summed E-state index contributed by atoms with van der Waals surface area (Å²) in [5.41, 5.74) is 2.57. The van der Waals surface area contributed by atoms with Crippen molar-refractivity contribution in [2.75, 3.05) is 63.3 Å². The summed E-state index contributed by atoms with van der Waals surface area (Å²) in [6, 6.07) is 11.7. The van der Waals surface area contributed by atoms with Crippen LogP contribution in [0.5, 0.6) is 11.5 Å². The van der Waals surface area contributed by atoms with Gasteiger partial charge in [0.2, 0.25) is 0 Å². The van der Waals surface area contributed by atoms with Crippen LogP contribution in [0.3, 0.4) is 0 Å². The van der Waals surface area contributed by atoms with E-state index in [1.165, 1.54) is 11.3 Å². The lowest BCUT2D eigenvalue weighted by Crippen LogP contribution is -2.38. The molecule has 0 aliphatic rings. The van der Waals surface area contributed by atoms with Gasteiger partial charge in [-0.15, -0.1) is 0 Å². The molecule has 3 aromatic rings. The third-order valence-corrected chi connectivity index (χ3v) is 7.18. The molecule has 0 atom stereocenters. The summed E-state index contributed by atoms with van der Waals surface area (Å²) >= 11 is 1.49. The molecule has 0 saturated heterocycles. The van der Waals surface area contributed by atoms with Gasteiger partial charge in [-0.05, 0) is 51.2 Å². The van der Waals surface area contributed by atoms with Gasteiger partial charge in [0.05, 0.1) is 24.4 Å². The van der Waals surface area contributed by atoms with E-state index in [0.29, 0.717) is 28.7 Å². The van der Waals surface area contributed by atoms with Gasteiger partial charge in [-0.25, -0.2) is 4.98 Å². The third-order valence-electron chi connectivity index (χ3n) is 6.14. The Labute approximate surface area is 206 Å². The molecule has 1 aromatic heterocycles. The molecule has 7 nitrogen and oxygen atoms in total. The van der Waals surface area contributed by atoms with Gasteiger partial charge < -0.3 is 19.3 Å². The Morgan fingerprint density at radius 2 is 1.50 bits per heavy atom. The summed E-state index contributed by atoms with van der Waals surface area (Å²) in [7, 11) is 3.23. The molecule has 0 aliphatic heterocycles. The van der Waals surface area contributed by atoms with Crippen LogP contribution in [0.1, 0.15) is 38.1 Å². The van der Waals surface area contributed by atoms with Gasteiger partial charge >= 0.3 is 0 Å².